The minimum absolute atomic E-state index is 0.128. The van der Waals surface area contributed by atoms with Gasteiger partial charge in [-0.2, -0.15) is 0 Å². The molecule has 3 rings (SSSR count). The molecule has 1 fully saturated rings. The molecule has 0 bridgehead atoms. The molecule has 1 aliphatic heterocycles. The molecular formula is C16H22N2O. The minimum Gasteiger partial charge on any atom is -0.379 e. The highest BCUT2D eigenvalue weighted by Crippen LogP contribution is 2.25. The van der Waals surface area contributed by atoms with Crippen LogP contribution in [0.2, 0.25) is 0 Å². The number of hydrogen-bond donors (Lipinski definition) is 1. The van der Waals surface area contributed by atoms with Crippen molar-refractivity contribution in [1.82, 2.24) is 9.88 Å². The van der Waals surface area contributed by atoms with Gasteiger partial charge < -0.3 is 14.6 Å². The molecule has 0 amide bonds. The van der Waals surface area contributed by atoms with E-state index in [-0.39, 0.29) is 5.54 Å². The number of benzene rings is 1. The van der Waals surface area contributed by atoms with Gasteiger partial charge >= 0.3 is 0 Å². The first kappa shape index (κ1) is 12.7. The van der Waals surface area contributed by atoms with Gasteiger partial charge in [0, 0.05) is 42.3 Å². The first-order valence-electron chi connectivity index (χ1n) is 6.96. The normalized spacial score (nSPS) is 23.3. The van der Waals surface area contributed by atoms with Crippen molar-refractivity contribution < 1.29 is 4.74 Å². The number of aryl methyl sites for hydroxylation is 2. The first-order valence-corrected chi connectivity index (χ1v) is 6.96. The van der Waals surface area contributed by atoms with Gasteiger partial charge in [0.15, 0.2) is 0 Å². The van der Waals surface area contributed by atoms with Crippen LogP contribution in [0.1, 0.15) is 24.6 Å². The first-order chi connectivity index (χ1) is 9.11. The molecule has 0 saturated carbocycles. The smallest absolute Gasteiger partial charge is 0.0646 e. The number of rotatable bonds is 3. The Balaban J connectivity index is 1.88. The third-order valence-corrected chi connectivity index (χ3v) is 4.41. The molecule has 3 heteroatoms. The molecule has 1 saturated heterocycles. The fourth-order valence-corrected chi connectivity index (χ4v) is 2.99. The summed E-state index contributed by atoms with van der Waals surface area (Å²) < 4.78 is 7.80. The molecule has 1 aromatic carbocycles. The Kier molecular flexibility index (Phi) is 3.11. The van der Waals surface area contributed by atoms with Crippen LogP contribution in [0.15, 0.2) is 24.3 Å². The third-order valence-electron chi connectivity index (χ3n) is 4.41. The Morgan fingerprint density at radius 2 is 2.16 bits per heavy atom. The van der Waals surface area contributed by atoms with E-state index in [0.29, 0.717) is 0 Å². The summed E-state index contributed by atoms with van der Waals surface area (Å²) in [6.45, 7) is 7.05. The Morgan fingerprint density at radius 1 is 1.37 bits per heavy atom. The highest BCUT2D eigenvalue weighted by atomic mass is 16.5. The van der Waals surface area contributed by atoms with Gasteiger partial charge in [0.2, 0.25) is 0 Å². The summed E-state index contributed by atoms with van der Waals surface area (Å²) in [5, 5.41) is 5.03. The lowest BCUT2D eigenvalue weighted by molar-refractivity contribution is 0.171. The maximum atomic E-state index is 5.50. The van der Waals surface area contributed by atoms with E-state index in [9.17, 15) is 0 Å². The number of para-hydroxylation sites is 1. The van der Waals surface area contributed by atoms with E-state index in [4.69, 9.17) is 4.74 Å². The van der Waals surface area contributed by atoms with Crippen molar-refractivity contribution in [3.8, 4) is 0 Å². The number of fused-ring (bicyclic) bond motifs is 1. The highest BCUT2D eigenvalue weighted by molar-refractivity contribution is 5.85. The third kappa shape index (κ3) is 2.17. The Bertz CT molecular complexity index is 555. The van der Waals surface area contributed by atoms with Crippen molar-refractivity contribution >= 4 is 10.9 Å². The second-order valence-corrected chi connectivity index (χ2v) is 5.86. The molecule has 102 valence electrons. The zero-order valence-corrected chi connectivity index (χ0v) is 12.0. The SMILES string of the molecule is Cc1c(CNC2(C)CCOC2)n(C)c2ccccc12. The van der Waals surface area contributed by atoms with Crippen LogP contribution < -0.4 is 5.32 Å². The van der Waals surface area contributed by atoms with Gasteiger partial charge in [0.1, 0.15) is 0 Å². The van der Waals surface area contributed by atoms with Crippen molar-refractivity contribution in [2.75, 3.05) is 13.2 Å². The predicted molar refractivity (Wildman–Crippen MR) is 78.3 cm³/mol. The number of nitrogens with zero attached hydrogens (tertiary/aromatic N) is 1. The zero-order chi connectivity index (χ0) is 13.5. The summed E-state index contributed by atoms with van der Waals surface area (Å²) in [7, 11) is 2.15. The fraction of sp³-hybridized carbons (Fsp3) is 0.500. The highest BCUT2D eigenvalue weighted by Gasteiger charge is 2.29. The Morgan fingerprint density at radius 3 is 2.84 bits per heavy atom. The zero-order valence-electron chi connectivity index (χ0n) is 12.0. The van der Waals surface area contributed by atoms with E-state index in [1.807, 2.05) is 0 Å². The lowest BCUT2D eigenvalue weighted by Gasteiger charge is -2.24. The van der Waals surface area contributed by atoms with Gasteiger partial charge in [-0.05, 0) is 31.9 Å². The molecule has 3 nitrogen and oxygen atoms in total. The van der Waals surface area contributed by atoms with Crippen molar-refractivity contribution in [1.29, 1.82) is 0 Å². The maximum absolute atomic E-state index is 5.50. The van der Waals surface area contributed by atoms with Crippen LogP contribution >= 0.6 is 0 Å². The van der Waals surface area contributed by atoms with E-state index in [1.54, 1.807) is 0 Å². The molecule has 2 aromatic rings. The Labute approximate surface area is 114 Å². The Hall–Kier alpha value is -1.32. The van der Waals surface area contributed by atoms with Crippen LogP contribution in [0.5, 0.6) is 0 Å². The van der Waals surface area contributed by atoms with E-state index < -0.39 is 0 Å². The number of aromatic nitrogens is 1. The van der Waals surface area contributed by atoms with Crippen molar-refractivity contribution in [3.05, 3.63) is 35.5 Å². The van der Waals surface area contributed by atoms with Gasteiger partial charge in [-0.3, -0.25) is 0 Å². The number of hydrogen-bond acceptors (Lipinski definition) is 2. The van der Waals surface area contributed by atoms with Crippen molar-refractivity contribution in [2.45, 2.75) is 32.4 Å². The standard InChI is InChI=1S/C16H22N2O/c1-12-13-6-4-5-7-14(13)18(3)15(12)10-17-16(2)8-9-19-11-16/h4-7,17H,8-11H2,1-3H3. The molecule has 1 N–H and O–H groups in total. The van der Waals surface area contributed by atoms with Crippen LogP contribution in [-0.2, 0) is 18.3 Å². The topological polar surface area (TPSA) is 26.2 Å². The second-order valence-electron chi connectivity index (χ2n) is 5.86. The molecule has 1 atom stereocenters. The van der Waals surface area contributed by atoms with Gasteiger partial charge in [-0.15, -0.1) is 0 Å². The number of nitrogens with one attached hydrogen (secondary N) is 1. The summed E-state index contributed by atoms with van der Waals surface area (Å²) in [6, 6.07) is 8.60. The fourth-order valence-electron chi connectivity index (χ4n) is 2.99. The average Bonchev–Trinajstić information content (AvgIpc) is 2.94. The van der Waals surface area contributed by atoms with Crippen molar-refractivity contribution in [3.63, 3.8) is 0 Å². The quantitative estimate of drug-likeness (QED) is 0.916. The predicted octanol–water partition coefficient (Wildman–Crippen LogP) is 2.76. The van der Waals surface area contributed by atoms with E-state index in [2.05, 4.69) is 55.0 Å². The molecule has 2 heterocycles. The van der Waals surface area contributed by atoms with Crippen LogP contribution in [0.4, 0.5) is 0 Å². The largest absolute Gasteiger partial charge is 0.379 e. The molecule has 19 heavy (non-hydrogen) atoms. The van der Waals surface area contributed by atoms with Crippen LogP contribution in [0, 0.1) is 6.92 Å². The maximum Gasteiger partial charge on any atom is 0.0646 e. The van der Waals surface area contributed by atoms with Gasteiger partial charge in [-0.25, -0.2) is 0 Å². The molecule has 1 unspecified atom stereocenters. The van der Waals surface area contributed by atoms with Gasteiger partial charge in [0.25, 0.3) is 0 Å². The average molecular weight is 258 g/mol. The van der Waals surface area contributed by atoms with Crippen LogP contribution in [0.25, 0.3) is 10.9 Å². The molecule has 0 aliphatic carbocycles. The van der Waals surface area contributed by atoms with Gasteiger partial charge in [0.05, 0.1) is 6.61 Å². The van der Waals surface area contributed by atoms with Crippen LogP contribution in [-0.4, -0.2) is 23.3 Å². The lowest BCUT2D eigenvalue weighted by atomic mass is 10.0. The second kappa shape index (κ2) is 4.66. The van der Waals surface area contributed by atoms with Gasteiger partial charge in [-0.1, -0.05) is 18.2 Å². The summed E-state index contributed by atoms with van der Waals surface area (Å²) in [6.07, 6.45) is 1.09. The van der Waals surface area contributed by atoms with Crippen molar-refractivity contribution in [2.24, 2.45) is 7.05 Å². The molecule has 0 spiro atoms. The van der Waals surface area contributed by atoms with Crippen LogP contribution in [0.3, 0.4) is 0 Å². The summed E-state index contributed by atoms with van der Waals surface area (Å²) in [5.41, 5.74) is 4.19. The summed E-state index contributed by atoms with van der Waals surface area (Å²) >= 11 is 0. The molecule has 0 radical (unpaired) electrons. The van der Waals surface area contributed by atoms with E-state index >= 15 is 0 Å². The minimum atomic E-state index is 0.128. The summed E-state index contributed by atoms with van der Waals surface area (Å²) in [5.74, 6) is 0. The molecular weight excluding hydrogens is 236 g/mol. The van der Waals surface area contributed by atoms with E-state index in [1.165, 1.54) is 22.2 Å². The molecule has 1 aliphatic rings. The molecule has 1 aromatic heterocycles. The lowest BCUT2D eigenvalue weighted by Crippen LogP contribution is -2.42. The monoisotopic (exact) mass is 258 g/mol. The number of ether oxygens (including phenoxy) is 1. The van der Waals surface area contributed by atoms with E-state index in [0.717, 1.165) is 26.2 Å². The summed E-state index contributed by atoms with van der Waals surface area (Å²) in [4.78, 5) is 0.